The molecule has 1 aliphatic heterocycles. The standard InChI is InChI=1S/C14H29NS/c1-3-14(4-2,13-16)12-15-10-8-6-5-7-9-11-15/h16H,3-13H2,1-2H3. The number of rotatable bonds is 5. The molecule has 0 radical (unpaired) electrons. The van der Waals surface area contributed by atoms with Crippen LogP contribution in [0.25, 0.3) is 0 Å². The summed E-state index contributed by atoms with van der Waals surface area (Å²) in [5.74, 6) is 1.04. The fraction of sp³-hybridized carbons (Fsp3) is 1.00. The summed E-state index contributed by atoms with van der Waals surface area (Å²) < 4.78 is 0. The molecule has 1 saturated heterocycles. The number of hydrogen-bond acceptors (Lipinski definition) is 2. The molecule has 0 unspecified atom stereocenters. The highest BCUT2D eigenvalue weighted by Gasteiger charge is 2.27. The van der Waals surface area contributed by atoms with E-state index in [1.54, 1.807) is 0 Å². The first-order chi connectivity index (χ1) is 7.76. The molecular weight excluding hydrogens is 214 g/mol. The molecule has 0 bridgehead atoms. The van der Waals surface area contributed by atoms with Crippen molar-refractivity contribution in [2.24, 2.45) is 5.41 Å². The molecule has 96 valence electrons. The molecule has 0 aromatic carbocycles. The van der Waals surface area contributed by atoms with Crippen molar-refractivity contribution in [3.05, 3.63) is 0 Å². The zero-order chi connectivity index (χ0) is 11.9. The van der Waals surface area contributed by atoms with Crippen LogP contribution in [-0.4, -0.2) is 30.3 Å². The summed E-state index contributed by atoms with van der Waals surface area (Å²) in [5.41, 5.74) is 0.461. The minimum absolute atomic E-state index is 0.461. The largest absolute Gasteiger partial charge is 0.303 e. The highest BCUT2D eigenvalue weighted by molar-refractivity contribution is 7.80. The highest BCUT2D eigenvalue weighted by Crippen LogP contribution is 2.29. The van der Waals surface area contributed by atoms with Crippen molar-refractivity contribution in [1.82, 2.24) is 4.90 Å². The quantitative estimate of drug-likeness (QED) is 0.715. The molecule has 16 heavy (non-hydrogen) atoms. The van der Waals surface area contributed by atoms with Crippen molar-refractivity contribution in [3.63, 3.8) is 0 Å². The summed E-state index contributed by atoms with van der Waals surface area (Å²) in [6.07, 6.45) is 9.65. The molecule has 0 spiro atoms. The van der Waals surface area contributed by atoms with Gasteiger partial charge in [0.05, 0.1) is 0 Å². The molecule has 0 aromatic rings. The summed E-state index contributed by atoms with van der Waals surface area (Å²) in [6, 6.07) is 0. The van der Waals surface area contributed by atoms with Gasteiger partial charge in [-0.2, -0.15) is 12.6 Å². The van der Waals surface area contributed by atoms with E-state index in [0.29, 0.717) is 5.41 Å². The maximum absolute atomic E-state index is 4.58. The van der Waals surface area contributed by atoms with Gasteiger partial charge in [-0.25, -0.2) is 0 Å². The maximum atomic E-state index is 4.58. The van der Waals surface area contributed by atoms with Crippen LogP contribution in [0.1, 0.15) is 58.8 Å². The lowest BCUT2D eigenvalue weighted by molar-refractivity contribution is 0.147. The van der Waals surface area contributed by atoms with Gasteiger partial charge in [0.1, 0.15) is 0 Å². The highest BCUT2D eigenvalue weighted by atomic mass is 32.1. The first-order valence-electron chi connectivity index (χ1n) is 7.09. The zero-order valence-electron chi connectivity index (χ0n) is 11.2. The first-order valence-corrected chi connectivity index (χ1v) is 7.73. The Hall–Kier alpha value is 0.310. The van der Waals surface area contributed by atoms with Crippen LogP contribution in [0.15, 0.2) is 0 Å². The Balaban J connectivity index is 2.47. The monoisotopic (exact) mass is 243 g/mol. The van der Waals surface area contributed by atoms with Crippen LogP contribution in [0.3, 0.4) is 0 Å². The molecule has 1 nitrogen and oxygen atoms in total. The number of hydrogen-bond donors (Lipinski definition) is 1. The van der Waals surface area contributed by atoms with E-state index in [1.165, 1.54) is 64.6 Å². The average molecular weight is 243 g/mol. The topological polar surface area (TPSA) is 3.24 Å². The van der Waals surface area contributed by atoms with E-state index < -0.39 is 0 Å². The van der Waals surface area contributed by atoms with E-state index >= 15 is 0 Å². The third-order valence-electron chi connectivity index (χ3n) is 4.34. The Bertz CT molecular complexity index is 161. The molecule has 2 heteroatoms. The third kappa shape index (κ3) is 4.29. The van der Waals surface area contributed by atoms with Crippen molar-refractivity contribution in [1.29, 1.82) is 0 Å². The summed E-state index contributed by atoms with van der Waals surface area (Å²) in [4.78, 5) is 2.70. The Kier molecular flexibility index (Phi) is 6.83. The van der Waals surface area contributed by atoms with E-state index in [1.807, 2.05) is 0 Å². The first kappa shape index (κ1) is 14.4. The summed E-state index contributed by atoms with van der Waals surface area (Å²) in [7, 11) is 0. The molecule has 0 atom stereocenters. The van der Waals surface area contributed by atoms with E-state index in [2.05, 4.69) is 31.4 Å². The molecule has 1 heterocycles. The van der Waals surface area contributed by atoms with E-state index in [4.69, 9.17) is 0 Å². The van der Waals surface area contributed by atoms with Gasteiger partial charge >= 0.3 is 0 Å². The molecule has 0 saturated carbocycles. The molecule has 1 aliphatic rings. The van der Waals surface area contributed by atoms with Gasteiger partial charge in [0.25, 0.3) is 0 Å². The SMILES string of the molecule is CCC(CC)(CS)CN1CCCCCCC1. The van der Waals surface area contributed by atoms with E-state index in [0.717, 1.165) is 5.75 Å². The summed E-state index contributed by atoms with van der Waals surface area (Å²) >= 11 is 4.58. The van der Waals surface area contributed by atoms with Gasteiger partial charge in [-0.3, -0.25) is 0 Å². The van der Waals surface area contributed by atoms with Crippen molar-refractivity contribution in [2.45, 2.75) is 58.8 Å². The molecular formula is C14H29NS. The smallest absolute Gasteiger partial charge is 0.00456 e. The normalized spacial score (nSPS) is 20.4. The van der Waals surface area contributed by atoms with Gasteiger partial charge in [-0.15, -0.1) is 0 Å². The van der Waals surface area contributed by atoms with Crippen molar-refractivity contribution >= 4 is 12.6 Å². The van der Waals surface area contributed by atoms with Crippen LogP contribution in [0.4, 0.5) is 0 Å². The Morgan fingerprint density at radius 3 is 1.88 bits per heavy atom. The van der Waals surface area contributed by atoms with Crippen LogP contribution >= 0.6 is 12.6 Å². The van der Waals surface area contributed by atoms with E-state index in [9.17, 15) is 0 Å². The molecule has 0 N–H and O–H groups in total. The Morgan fingerprint density at radius 2 is 1.44 bits per heavy atom. The molecule has 1 fully saturated rings. The van der Waals surface area contributed by atoms with Crippen LogP contribution in [0, 0.1) is 5.41 Å². The van der Waals surface area contributed by atoms with Crippen molar-refractivity contribution in [3.8, 4) is 0 Å². The molecule has 0 aliphatic carbocycles. The van der Waals surface area contributed by atoms with Gasteiger partial charge in [0, 0.05) is 6.54 Å². The minimum Gasteiger partial charge on any atom is -0.303 e. The molecule has 0 aromatic heterocycles. The second kappa shape index (κ2) is 7.60. The maximum Gasteiger partial charge on any atom is 0.00456 e. The van der Waals surface area contributed by atoms with Crippen LogP contribution in [0.5, 0.6) is 0 Å². The van der Waals surface area contributed by atoms with Crippen molar-refractivity contribution < 1.29 is 0 Å². The lowest BCUT2D eigenvalue weighted by atomic mass is 9.83. The van der Waals surface area contributed by atoms with Gasteiger partial charge in [0.2, 0.25) is 0 Å². The number of nitrogens with zero attached hydrogens (tertiary/aromatic N) is 1. The predicted molar refractivity (Wildman–Crippen MR) is 76.4 cm³/mol. The average Bonchev–Trinajstić information content (AvgIpc) is 2.29. The van der Waals surface area contributed by atoms with Crippen LogP contribution < -0.4 is 0 Å². The number of likely N-dealkylation sites (tertiary alicyclic amines) is 1. The second-order valence-electron chi connectivity index (χ2n) is 5.41. The predicted octanol–water partition coefficient (Wildman–Crippen LogP) is 3.99. The van der Waals surface area contributed by atoms with Gasteiger partial charge in [-0.1, -0.05) is 33.1 Å². The van der Waals surface area contributed by atoms with Gasteiger partial charge in [0.15, 0.2) is 0 Å². The minimum atomic E-state index is 0.461. The fourth-order valence-corrected chi connectivity index (χ4v) is 3.24. The van der Waals surface area contributed by atoms with Crippen LogP contribution in [0.2, 0.25) is 0 Å². The number of thiol groups is 1. The van der Waals surface area contributed by atoms with Gasteiger partial charge < -0.3 is 4.90 Å². The summed E-state index contributed by atoms with van der Waals surface area (Å²) in [5, 5.41) is 0. The molecule has 1 rings (SSSR count). The van der Waals surface area contributed by atoms with E-state index in [-0.39, 0.29) is 0 Å². The van der Waals surface area contributed by atoms with Crippen molar-refractivity contribution in [2.75, 3.05) is 25.4 Å². The Labute approximate surface area is 107 Å². The Morgan fingerprint density at radius 1 is 0.938 bits per heavy atom. The summed E-state index contributed by atoms with van der Waals surface area (Å²) in [6.45, 7) is 8.54. The lowest BCUT2D eigenvalue weighted by Crippen LogP contribution is -2.40. The van der Waals surface area contributed by atoms with Gasteiger partial charge in [-0.05, 0) is 49.9 Å². The second-order valence-corrected chi connectivity index (χ2v) is 5.73. The zero-order valence-corrected chi connectivity index (χ0v) is 12.1. The lowest BCUT2D eigenvalue weighted by Gasteiger charge is -2.37. The molecule has 0 amide bonds. The van der Waals surface area contributed by atoms with Crippen LogP contribution in [-0.2, 0) is 0 Å². The third-order valence-corrected chi connectivity index (χ3v) is 5.01. The fourth-order valence-electron chi connectivity index (χ4n) is 2.69.